The molecule has 1 aromatic rings. The highest BCUT2D eigenvalue weighted by Crippen LogP contribution is 2.21. The summed E-state index contributed by atoms with van der Waals surface area (Å²) in [5.74, 6) is 0.642. The largest absolute Gasteiger partial charge is 0.391 e. The van der Waals surface area contributed by atoms with Crippen molar-refractivity contribution in [2.75, 3.05) is 5.32 Å². The highest BCUT2D eigenvalue weighted by atomic mass is 16.3. The molecule has 1 fully saturated rings. The summed E-state index contributed by atoms with van der Waals surface area (Å²) < 4.78 is 0. The van der Waals surface area contributed by atoms with E-state index >= 15 is 0 Å². The Hall–Kier alpha value is -1.16. The van der Waals surface area contributed by atoms with Gasteiger partial charge in [0, 0.05) is 11.4 Å². The van der Waals surface area contributed by atoms with Crippen LogP contribution in [0.1, 0.15) is 37.1 Å². The summed E-state index contributed by atoms with van der Waals surface area (Å²) in [6.07, 6.45) is 3.89. The molecule has 0 aromatic carbocycles. The zero-order valence-electron chi connectivity index (χ0n) is 9.90. The van der Waals surface area contributed by atoms with Gasteiger partial charge < -0.3 is 10.4 Å². The first kappa shape index (κ1) is 11.3. The van der Waals surface area contributed by atoms with Crippen LogP contribution in [-0.2, 0) is 0 Å². The van der Waals surface area contributed by atoms with E-state index in [4.69, 9.17) is 0 Å². The fourth-order valence-corrected chi connectivity index (χ4v) is 2.24. The zero-order chi connectivity index (χ0) is 11.5. The van der Waals surface area contributed by atoms with Crippen molar-refractivity contribution in [1.82, 2.24) is 9.97 Å². The smallest absolute Gasteiger partial charge is 0.223 e. The number of rotatable bonds is 2. The van der Waals surface area contributed by atoms with E-state index < -0.39 is 0 Å². The summed E-state index contributed by atoms with van der Waals surface area (Å²) in [5, 5.41) is 13.1. The monoisotopic (exact) mass is 221 g/mol. The van der Waals surface area contributed by atoms with E-state index in [9.17, 15) is 5.11 Å². The van der Waals surface area contributed by atoms with Crippen LogP contribution in [0.15, 0.2) is 6.07 Å². The lowest BCUT2D eigenvalue weighted by atomic mass is 9.93. The molecular formula is C12H19N3O. The van der Waals surface area contributed by atoms with Crippen LogP contribution in [0.3, 0.4) is 0 Å². The molecule has 0 amide bonds. The van der Waals surface area contributed by atoms with E-state index in [-0.39, 0.29) is 12.1 Å². The Kier molecular flexibility index (Phi) is 3.39. The normalized spacial score (nSPS) is 25.4. The van der Waals surface area contributed by atoms with E-state index in [1.807, 2.05) is 19.9 Å². The lowest BCUT2D eigenvalue weighted by Crippen LogP contribution is -2.36. The van der Waals surface area contributed by atoms with E-state index in [0.29, 0.717) is 5.95 Å². The summed E-state index contributed by atoms with van der Waals surface area (Å²) in [4.78, 5) is 8.66. The molecular weight excluding hydrogens is 202 g/mol. The number of aromatic nitrogens is 2. The van der Waals surface area contributed by atoms with Crippen molar-refractivity contribution in [3.8, 4) is 0 Å². The van der Waals surface area contributed by atoms with Crippen molar-refractivity contribution in [2.24, 2.45) is 0 Å². The minimum absolute atomic E-state index is 0.106. The minimum atomic E-state index is -0.266. The molecule has 0 saturated heterocycles. The van der Waals surface area contributed by atoms with Crippen LogP contribution < -0.4 is 5.32 Å². The van der Waals surface area contributed by atoms with Crippen LogP contribution in [0, 0.1) is 13.8 Å². The Labute approximate surface area is 96.1 Å². The van der Waals surface area contributed by atoms with Crippen molar-refractivity contribution < 1.29 is 5.11 Å². The molecule has 1 heterocycles. The van der Waals surface area contributed by atoms with Gasteiger partial charge in [-0.05, 0) is 32.8 Å². The maximum absolute atomic E-state index is 9.85. The standard InChI is InChI=1S/C12H19N3O/c1-8-7-9(2)14-12(13-8)15-10-5-3-4-6-11(10)16/h7,10-11,16H,3-6H2,1-2H3,(H,13,14,15). The van der Waals surface area contributed by atoms with Gasteiger partial charge in [-0.15, -0.1) is 0 Å². The lowest BCUT2D eigenvalue weighted by Gasteiger charge is -2.28. The van der Waals surface area contributed by atoms with E-state index in [1.165, 1.54) is 6.42 Å². The predicted molar refractivity (Wildman–Crippen MR) is 63.4 cm³/mol. The Balaban J connectivity index is 2.07. The second-order valence-corrected chi connectivity index (χ2v) is 4.58. The molecule has 2 rings (SSSR count). The van der Waals surface area contributed by atoms with Crippen LogP contribution in [-0.4, -0.2) is 27.2 Å². The molecule has 0 spiro atoms. The zero-order valence-corrected chi connectivity index (χ0v) is 9.90. The van der Waals surface area contributed by atoms with Gasteiger partial charge in [-0.1, -0.05) is 12.8 Å². The fraction of sp³-hybridized carbons (Fsp3) is 0.667. The van der Waals surface area contributed by atoms with Gasteiger partial charge in [-0.2, -0.15) is 0 Å². The average Bonchev–Trinajstić information content (AvgIpc) is 2.20. The summed E-state index contributed by atoms with van der Waals surface area (Å²) in [5.41, 5.74) is 1.92. The van der Waals surface area contributed by atoms with Crippen LogP contribution in [0.5, 0.6) is 0 Å². The van der Waals surface area contributed by atoms with Crippen molar-refractivity contribution >= 4 is 5.95 Å². The van der Waals surface area contributed by atoms with Gasteiger partial charge in [-0.25, -0.2) is 9.97 Å². The Morgan fingerprint density at radius 2 is 1.81 bits per heavy atom. The molecule has 2 atom stereocenters. The first-order valence-electron chi connectivity index (χ1n) is 5.92. The molecule has 2 N–H and O–H groups in total. The molecule has 4 heteroatoms. The van der Waals surface area contributed by atoms with Gasteiger partial charge >= 0.3 is 0 Å². The topological polar surface area (TPSA) is 58.0 Å². The molecule has 1 aliphatic rings. The highest BCUT2D eigenvalue weighted by Gasteiger charge is 2.23. The van der Waals surface area contributed by atoms with Crippen LogP contribution in [0.2, 0.25) is 0 Å². The van der Waals surface area contributed by atoms with Gasteiger partial charge in [0.15, 0.2) is 0 Å². The quantitative estimate of drug-likeness (QED) is 0.799. The lowest BCUT2D eigenvalue weighted by molar-refractivity contribution is 0.116. The molecule has 0 bridgehead atoms. The number of nitrogens with one attached hydrogen (secondary N) is 1. The Morgan fingerprint density at radius 3 is 2.44 bits per heavy atom. The maximum atomic E-state index is 9.85. The highest BCUT2D eigenvalue weighted by molar-refractivity contribution is 5.29. The number of hydrogen-bond acceptors (Lipinski definition) is 4. The van der Waals surface area contributed by atoms with Gasteiger partial charge in [-0.3, -0.25) is 0 Å². The molecule has 16 heavy (non-hydrogen) atoms. The van der Waals surface area contributed by atoms with Crippen LogP contribution >= 0.6 is 0 Å². The number of nitrogens with zero attached hydrogens (tertiary/aromatic N) is 2. The second-order valence-electron chi connectivity index (χ2n) is 4.58. The van der Waals surface area contributed by atoms with Crippen LogP contribution in [0.25, 0.3) is 0 Å². The minimum Gasteiger partial charge on any atom is -0.391 e. The molecule has 88 valence electrons. The fourth-order valence-electron chi connectivity index (χ4n) is 2.24. The van der Waals surface area contributed by atoms with Gasteiger partial charge in [0.25, 0.3) is 0 Å². The number of aryl methyl sites for hydroxylation is 2. The van der Waals surface area contributed by atoms with Crippen molar-refractivity contribution in [2.45, 2.75) is 51.7 Å². The van der Waals surface area contributed by atoms with E-state index in [2.05, 4.69) is 15.3 Å². The SMILES string of the molecule is Cc1cc(C)nc(NC2CCCCC2O)n1. The number of aliphatic hydroxyl groups excluding tert-OH is 1. The summed E-state index contributed by atoms with van der Waals surface area (Å²) in [6, 6.07) is 2.05. The van der Waals surface area contributed by atoms with Crippen molar-refractivity contribution in [3.63, 3.8) is 0 Å². The molecule has 1 saturated carbocycles. The van der Waals surface area contributed by atoms with E-state index in [0.717, 1.165) is 30.7 Å². The molecule has 1 aromatic heterocycles. The molecule has 0 aliphatic heterocycles. The Bertz CT molecular complexity index is 347. The first-order chi connectivity index (χ1) is 7.65. The van der Waals surface area contributed by atoms with Crippen molar-refractivity contribution in [3.05, 3.63) is 17.5 Å². The number of anilines is 1. The number of aliphatic hydroxyl groups is 1. The van der Waals surface area contributed by atoms with Gasteiger partial charge in [0.1, 0.15) is 0 Å². The van der Waals surface area contributed by atoms with Gasteiger partial charge in [0.2, 0.25) is 5.95 Å². The van der Waals surface area contributed by atoms with E-state index in [1.54, 1.807) is 0 Å². The molecule has 4 nitrogen and oxygen atoms in total. The second kappa shape index (κ2) is 4.78. The third kappa shape index (κ3) is 2.70. The van der Waals surface area contributed by atoms with Gasteiger partial charge in [0.05, 0.1) is 12.1 Å². The molecule has 0 radical (unpaired) electrons. The third-order valence-electron chi connectivity index (χ3n) is 3.03. The average molecular weight is 221 g/mol. The summed E-state index contributed by atoms with van der Waals surface area (Å²) >= 11 is 0. The summed E-state index contributed by atoms with van der Waals surface area (Å²) in [6.45, 7) is 3.91. The maximum Gasteiger partial charge on any atom is 0.223 e. The first-order valence-corrected chi connectivity index (χ1v) is 5.92. The predicted octanol–water partition coefficient (Wildman–Crippen LogP) is 1.81. The van der Waals surface area contributed by atoms with Crippen LogP contribution in [0.4, 0.5) is 5.95 Å². The molecule has 2 unspecified atom stereocenters. The number of hydrogen-bond donors (Lipinski definition) is 2. The van der Waals surface area contributed by atoms with Crippen molar-refractivity contribution in [1.29, 1.82) is 0 Å². The summed E-state index contributed by atoms with van der Waals surface area (Å²) in [7, 11) is 0. The Morgan fingerprint density at radius 1 is 1.19 bits per heavy atom. The third-order valence-corrected chi connectivity index (χ3v) is 3.03. The molecule has 1 aliphatic carbocycles.